The molecular formula is C15H16BrN3O2. The minimum atomic E-state index is -0.887. The lowest BCUT2D eigenvalue weighted by atomic mass is 10.1. The van der Waals surface area contributed by atoms with E-state index in [9.17, 15) is 4.79 Å². The molecule has 0 fully saturated rings. The number of halogens is 1. The maximum atomic E-state index is 11.1. The van der Waals surface area contributed by atoms with Crippen molar-refractivity contribution < 1.29 is 9.90 Å². The summed E-state index contributed by atoms with van der Waals surface area (Å²) in [6.07, 6.45) is 0.948. The summed E-state index contributed by atoms with van der Waals surface area (Å²) in [5.74, 6) is -0.887. The molecule has 0 saturated heterocycles. The monoisotopic (exact) mass is 349 g/mol. The molecule has 1 aromatic carbocycles. The summed E-state index contributed by atoms with van der Waals surface area (Å²) in [5.41, 5.74) is 4.61. The standard InChI is InChI=1S/C15H16BrN3O2/c1-9-14(16)13(18(2)17-9)8-19-6-5-10-3-4-11(15(20)21)7-12(10)19/h3-4,7H,5-6,8H2,1-2H3,(H,20,21). The number of aromatic nitrogens is 2. The second-order valence-corrected chi connectivity index (χ2v) is 6.08. The summed E-state index contributed by atoms with van der Waals surface area (Å²) in [6, 6.07) is 5.36. The number of rotatable bonds is 3. The summed E-state index contributed by atoms with van der Waals surface area (Å²) in [5, 5.41) is 13.5. The van der Waals surface area contributed by atoms with E-state index in [4.69, 9.17) is 5.11 Å². The Labute approximate surface area is 131 Å². The number of anilines is 1. The summed E-state index contributed by atoms with van der Waals surface area (Å²) >= 11 is 3.58. The largest absolute Gasteiger partial charge is 0.478 e. The second-order valence-electron chi connectivity index (χ2n) is 5.29. The molecule has 0 spiro atoms. The lowest BCUT2D eigenvalue weighted by Crippen LogP contribution is -2.22. The molecule has 2 heterocycles. The Balaban J connectivity index is 1.93. The zero-order chi connectivity index (χ0) is 15.1. The van der Waals surface area contributed by atoms with Crippen LogP contribution in [0, 0.1) is 6.92 Å². The van der Waals surface area contributed by atoms with Crippen LogP contribution in [0.1, 0.15) is 27.3 Å². The molecule has 1 aliphatic rings. The average molecular weight is 350 g/mol. The Morgan fingerprint density at radius 1 is 1.48 bits per heavy atom. The molecule has 0 unspecified atom stereocenters. The normalized spacial score (nSPS) is 13.6. The number of carboxylic acid groups (broad SMARTS) is 1. The van der Waals surface area contributed by atoms with E-state index in [0.29, 0.717) is 12.1 Å². The highest BCUT2D eigenvalue weighted by atomic mass is 79.9. The highest BCUT2D eigenvalue weighted by Gasteiger charge is 2.23. The first-order valence-corrected chi connectivity index (χ1v) is 7.56. The molecule has 1 aliphatic heterocycles. The summed E-state index contributed by atoms with van der Waals surface area (Å²) in [6.45, 7) is 3.58. The van der Waals surface area contributed by atoms with E-state index < -0.39 is 5.97 Å². The first-order chi connectivity index (χ1) is 9.97. The molecule has 6 heteroatoms. The van der Waals surface area contributed by atoms with Gasteiger partial charge in [-0.1, -0.05) is 6.07 Å². The predicted octanol–water partition coefficient (Wildman–Crippen LogP) is 2.75. The fourth-order valence-corrected chi connectivity index (χ4v) is 3.24. The van der Waals surface area contributed by atoms with Crippen LogP contribution < -0.4 is 4.90 Å². The van der Waals surface area contributed by atoms with Crippen LogP contribution in [0.4, 0.5) is 5.69 Å². The number of fused-ring (bicyclic) bond motifs is 1. The van der Waals surface area contributed by atoms with Crippen LogP contribution in [-0.2, 0) is 20.0 Å². The SMILES string of the molecule is Cc1nn(C)c(CN2CCc3ccc(C(=O)O)cc32)c1Br. The molecule has 0 saturated carbocycles. The van der Waals surface area contributed by atoms with Crippen molar-refractivity contribution in [3.05, 3.63) is 45.2 Å². The third-order valence-electron chi connectivity index (χ3n) is 3.93. The molecule has 0 amide bonds. The molecule has 1 aromatic heterocycles. The molecular weight excluding hydrogens is 334 g/mol. The Morgan fingerprint density at radius 2 is 2.24 bits per heavy atom. The molecule has 2 aromatic rings. The topological polar surface area (TPSA) is 58.4 Å². The molecule has 1 N–H and O–H groups in total. The van der Waals surface area contributed by atoms with Crippen LogP contribution in [-0.4, -0.2) is 27.4 Å². The lowest BCUT2D eigenvalue weighted by Gasteiger charge is -2.20. The quantitative estimate of drug-likeness (QED) is 0.925. The maximum absolute atomic E-state index is 11.1. The molecule has 0 aliphatic carbocycles. The third kappa shape index (κ3) is 2.44. The van der Waals surface area contributed by atoms with Gasteiger partial charge >= 0.3 is 5.97 Å². The minimum absolute atomic E-state index is 0.334. The van der Waals surface area contributed by atoms with Crippen molar-refractivity contribution in [3.63, 3.8) is 0 Å². The first kappa shape index (κ1) is 14.1. The molecule has 0 radical (unpaired) electrons. The molecule has 0 bridgehead atoms. The van der Waals surface area contributed by atoms with Crippen LogP contribution in [0.5, 0.6) is 0 Å². The van der Waals surface area contributed by atoms with Crippen molar-refractivity contribution in [2.45, 2.75) is 19.9 Å². The zero-order valence-electron chi connectivity index (χ0n) is 11.9. The zero-order valence-corrected chi connectivity index (χ0v) is 13.5. The number of hydrogen-bond acceptors (Lipinski definition) is 3. The van der Waals surface area contributed by atoms with Gasteiger partial charge in [0.1, 0.15) is 0 Å². The van der Waals surface area contributed by atoms with Gasteiger partial charge in [-0.05, 0) is 47.0 Å². The number of carboxylic acids is 1. The summed E-state index contributed by atoms with van der Waals surface area (Å²) in [4.78, 5) is 13.3. The van der Waals surface area contributed by atoms with E-state index in [0.717, 1.165) is 34.5 Å². The molecule has 3 rings (SSSR count). The predicted molar refractivity (Wildman–Crippen MR) is 83.8 cm³/mol. The number of carbonyl (C=O) groups is 1. The van der Waals surface area contributed by atoms with Gasteiger partial charge in [-0.25, -0.2) is 4.79 Å². The van der Waals surface area contributed by atoms with Crippen molar-refractivity contribution >= 4 is 27.6 Å². The first-order valence-electron chi connectivity index (χ1n) is 6.76. The van der Waals surface area contributed by atoms with E-state index >= 15 is 0 Å². The van der Waals surface area contributed by atoms with Crippen molar-refractivity contribution in [1.82, 2.24) is 9.78 Å². The van der Waals surface area contributed by atoms with Crippen LogP contribution in [0.3, 0.4) is 0 Å². The van der Waals surface area contributed by atoms with Crippen LogP contribution >= 0.6 is 15.9 Å². The molecule has 5 nitrogen and oxygen atoms in total. The van der Waals surface area contributed by atoms with E-state index in [-0.39, 0.29) is 0 Å². The van der Waals surface area contributed by atoms with Crippen molar-refractivity contribution in [2.24, 2.45) is 7.05 Å². The van der Waals surface area contributed by atoms with Crippen molar-refractivity contribution in [2.75, 3.05) is 11.4 Å². The Bertz CT molecular complexity index is 724. The van der Waals surface area contributed by atoms with Crippen molar-refractivity contribution in [1.29, 1.82) is 0 Å². The summed E-state index contributed by atoms with van der Waals surface area (Å²) in [7, 11) is 1.93. The number of aromatic carboxylic acids is 1. The fourth-order valence-electron chi connectivity index (χ4n) is 2.78. The smallest absolute Gasteiger partial charge is 0.335 e. The number of benzene rings is 1. The third-order valence-corrected chi connectivity index (χ3v) is 4.96. The van der Waals surface area contributed by atoms with Crippen LogP contribution in [0.25, 0.3) is 0 Å². The van der Waals surface area contributed by atoms with Gasteiger partial charge in [-0.2, -0.15) is 5.10 Å². The minimum Gasteiger partial charge on any atom is -0.478 e. The summed E-state index contributed by atoms with van der Waals surface area (Å²) < 4.78 is 2.89. The number of nitrogens with zero attached hydrogens (tertiary/aromatic N) is 3. The van der Waals surface area contributed by atoms with Gasteiger partial charge in [-0.15, -0.1) is 0 Å². The molecule has 110 valence electrons. The average Bonchev–Trinajstić information content (AvgIpc) is 2.95. The molecule has 21 heavy (non-hydrogen) atoms. The highest BCUT2D eigenvalue weighted by Crippen LogP contribution is 2.32. The fraction of sp³-hybridized carbons (Fsp3) is 0.333. The van der Waals surface area contributed by atoms with Gasteiger partial charge in [0.05, 0.1) is 28.0 Å². The van der Waals surface area contributed by atoms with Gasteiger partial charge in [0.15, 0.2) is 0 Å². The van der Waals surface area contributed by atoms with Gasteiger partial charge < -0.3 is 10.0 Å². The van der Waals surface area contributed by atoms with E-state index in [1.54, 1.807) is 12.1 Å². The number of hydrogen-bond donors (Lipinski definition) is 1. The number of aryl methyl sites for hydroxylation is 2. The highest BCUT2D eigenvalue weighted by molar-refractivity contribution is 9.10. The van der Waals surface area contributed by atoms with Crippen molar-refractivity contribution in [3.8, 4) is 0 Å². The Morgan fingerprint density at radius 3 is 2.86 bits per heavy atom. The van der Waals surface area contributed by atoms with Crippen LogP contribution in [0.15, 0.2) is 22.7 Å². The lowest BCUT2D eigenvalue weighted by molar-refractivity contribution is 0.0697. The van der Waals surface area contributed by atoms with Crippen LogP contribution in [0.2, 0.25) is 0 Å². The van der Waals surface area contributed by atoms with Gasteiger partial charge in [0.2, 0.25) is 0 Å². The maximum Gasteiger partial charge on any atom is 0.335 e. The molecule has 0 atom stereocenters. The van der Waals surface area contributed by atoms with E-state index in [2.05, 4.69) is 25.9 Å². The van der Waals surface area contributed by atoms with Gasteiger partial charge in [0.25, 0.3) is 0 Å². The Kier molecular flexibility index (Phi) is 3.49. The van der Waals surface area contributed by atoms with E-state index in [1.807, 2.05) is 24.7 Å². The van der Waals surface area contributed by atoms with Gasteiger partial charge in [-0.3, -0.25) is 4.68 Å². The van der Waals surface area contributed by atoms with Gasteiger partial charge in [0, 0.05) is 19.3 Å². The Hall–Kier alpha value is -1.82. The van der Waals surface area contributed by atoms with E-state index in [1.165, 1.54) is 5.56 Å². The second kappa shape index (κ2) is 5.18.